The van der Waals surface area contributed by atoms with E-state index in [0.29, 0.717) is 18.8 Å². The molecule has 3 rings (SSSR count). The molecule has 0 radical (unpaired) electrons. The van der Waals surface area contributed by atoms with Gasteiger partial charge < -0.3 is 14.4 Å². The van der Waals surface area contributed by atoms with E-state index in [4.69, 9.17) is 9.47 Å². The van der Waals surface area contributed by atoms with Gasteiger partial charge in [0.1, 0.15) is 17.6 Å². The summed E-state index contributed by atoms with van der Waals surface area (Å²) in [6, 6.07) is 19.0. The Labute approximate surface area is 130 Å². The van der Waals surface area contributed by atoms with E-state index in [-0.39, 0.29) is 12.2 Å². The molecule has 0 aromatic heterocycles. The number of amides is 1. The molecule has 1 fully saturated rings. The Morgan fingerprint density at radius 3 is 2.00 bits per heavy atom. The molecule has 0 spiro atoms. The largest absolute Gasteiger partial charge is 0.490 e. The van der Waals surface area contributed by atoms with Gasteiger partial charge in [-0.2, -0.15) is 0 Å². The van der Waals surface area contributed by atoms with Gasteiger partial charge in [-0.05, 0) is 24.3 Å². The van der Waals surface area contributed by atoms with Crippen molar-refractivity contribution >= 4 is 6.09 Å². The minimum absolute atomic E-state index is 0.156. The first-order valence-corrected chi connectivity index (χ1v) is 7.55. The molecule has 4 nitrogen and oxygen atoms in total. The van der Waals surface area contributed by atoms with Crippen molar-refractivity contribution in [2.45, 2.75) is 18.9 Å². The van der Waals surface area contributed by atoms with Crippen molar-refractivity contribution in [3.63, 3.8) is 0 Å². The van der Waals surface area contributed by atoms with Crippen molar-refractivity contribution in [1.29, 1.82) is 0 Å². The molecule has 1 saturated heterocycles. The van der Waals surface area contributed by atoms with Gasteiger partial charge >= 0.3 is 6.09 Å². The predicted molar refractivity (Wildman–Crippen MR) is 84.1 cm³/mol. The van der Waals surface area contributed by atoms with Crippen LogP contribution >= 0.6 is 0 Å². The lowest BCUT2D eigenvalue weighted by molar-refractivity contribution is 0.0930. The minimum atomic E-state index is -0.288. The number of carbonyl (C=O) groups is 1. The van der Waals surface area contributed by atoms with E-state index in [1.165, 1.54) is 0 Å². The molecular weight excluding hydrogens is 278 g/mol. The first-order chi connectivity index (χ1) is 10.8. The van der Waals surface area contributed by atoms with E-state index < -0.39 is 0 Å². The smallest absolute Gasteiger partial charge is 0.415 e. The molecule has 0 N–H and O–H groups in total. The zero-order chi connectivity index (χ0) is 15.2. The number of likely N-dealkylation sites (tertiary alicyclic amines) is 1. The average Bonchev–Trinajstić information content (AvgIpc) is 2.57. The van der Waals surface area contributed by atoms with Gasteiger partial charge in [0, 0.05) is 25.9 Å². The molecule has 22 heavy (non-hydrogen) atoms. The number of ether oxygens (including phenoxy) is 2. The molecule has 0 unspecified atom stereocenters. The molecule has 0 bridgehead atoms. The highest BCUT2D eigenvalue weighted by molar-refractivity contribution is 5.70. The second-order valence-electron chi connectivity index (χ2n) is 5.30. The normalized spacial score (nSPS) is 15.4. The maximum atomic E-state index is 12.1. The molecule has 1 aliphatic heterocycles. The number of benzene rings is 2. The van der Waals surface area contributed by atoms with Crippen LogP contribution in [0.2, 0.25) is 0 Å². The summed E-state index contributed by atoms with van der Waals surface area (Å²) in [7, 11) is 0. The standard InChI is InChI=1S/C18H19NO3/c20-18(22-16-9-5-2-6-10-16)19-13-11-17(12-14-19)21-15-7-3-1-4-8-15/h1-10,17H,11-14H2. The lowest BCUT2D eigenvalue weighted by Gasteiger charge is -2.31. The zero-order valence-corrected chi connectivity index (χ0v) is 12.4. The van der Waals surface area contributed by atoms with E-state index in [2.05, 4.69) is 0 Å². The first-order valence-electron chi connectivity index (χ1n) is 7.55. The van der Waals surface area contributed by atoms with Crippen LogP contribution in [-0.4, -0.2) is 30.2 Å². The van der Waals surface area contributed by atoms with Crippen molar-refractivity contribution in [1.82, 2.24) is 4.90 Å². The fourth-order valence-electron chi connectivity index (χ4n) is 2.50. The summed E-state index contributed by atoms with van der Waals surface area (Å²) >= 11 is 0. The van der Waals surface area contributed by atoms with Crippen molar-refractivity contribution in [3.8, 4) is 11.5 Å². The highest BCUT2D eigenvalue weighted by Gasteiger charge is 2.25. The fourth-order valence-corrected chi connectivity index (χ4v) is 2.50. The number of piperidine rings is 1. The lowest BCUT2D eigenvalue weighted by atomic mass is 10.1. The third-order valence-electron chi connectivity index (χ3n) is 3.69. The molecule has 4 heteroatoms. The van der Waals surface area contributed by atoms with Gasteiger partial charge in [0.2, 0.25) is 0 Å². The van der Waals surface area contributed by atoms with Crippen LogP contribution in [0.3, 0.4) is 0 Å². The molecule has 2 aromatic carbocycles. The lowest BCUT2D eigenvalue weighted by Crippen LogP contribution is -2.43. The van der Waals surface area contributed by atoms with Gasteiger partial charge in [0.15, 0.2) is 0 Å². The van der Waals surface area contributed by atoms with Gasteiger partial charge in [-0.1, -0.05) is 36.4 Å². The fraction of sp³-hybridized carbons (Fsp3) is 0.278. The van der Waals surface area contributed by atoms with E-state index in [9.17, 15) is 4.79 Å². The van der Waals surface area contributed by atoms with E-state index >= 15 is 0 Å². The van der Waals surface area contributed by atoms with Crippen LogP contribution in [0.4, 0.5) is 4.79 Å². The SMILES string of the molecule is O=C(Oc1ccccc1)N1CCC(Oc2ccccc2)CC1. The van der Waals surface area contributed by atoms with Gasteiger partial charge in [0.05, 0.1) is 0 Å². The maximum absolute atomic E-state index is 12.1. The topological polar surface area (TPSA) is 38.8 Å². The quantitative estimate of drug-likeness (QED) is 0.866. The molecule has 1 heterocycles. The number of nitrogens with zero attached hydrogens (tertiary/aromatic N) is 1. The number of hydrogen-bond acceptors (Lipinski definition) is 3. The summed E-state index contributed by atoms with van der Waals surface area (Å²) in [5.74, 6) is 1.46. The molecule has 0 atom stereocenters. The van der Waals surface area contributed by atoms with Crippen molar-refractivity contribution < 1.29 is 14.3 Å². The number of rotatable bonds is 3. The van der Waals surface area contributed by atoms with Crippen molar-refractivity contribution in [2.24, 2.45) is 0 Å². The van der Waals surface area contributed by atoms with Crippen LogP contribution in [0.1, 0.15) is 12.8 Å². The van der Waals surface area contributed by atoms with E-state index in [1.54, 1.807) is 17.0 Å². The van der Waals surface area contributed by atoms with Crippen LogP contribution in [-0.2, 0) is 0 Å². The third kappa shape index (κ3) is 3.79. The van der Waals surface area contributed by atoms with Crippen LogP contribution < -0.4 is 9.47 Å². The summed E-state index contributed by atoms with van der Waals surface area (Å²) in [6.45, 7) is 1.31. The summed E-state index contributed by atoms with van der Waals surface area (Å²) in [4.78, 5) is 13.8. The van der Waals surface area contributed by atoms with E-state index in [1.807, 2.05) is 48.5 Å². The van der Waals surface area contributed by atoms with Crippen LogP contribution in [0.15, 0.2) is 60.7 Å². The average molecular weight is 297 g/mol. The summed E-state index contributed by atoms with van der Waals surface area (Å²) in [6.07, 6.45) is 1.50. The first kappa shape index (κ1) is 14.4. The Kier molecular flexibility index (Phi) is 4.59. The van der Waals surface area contributed by atoms with Gasteiger partial charge in [-0.3, -0.25) is 0 Å². The van der Waals surface area contributed by atoms with Crippen LogP contribution in [0.25, 0.3) is 0 Å². The Morgan fingerprint density at radius 1 is 0.864 bits per heavy atom. The summed E-state index contributed by atoms with van der Waals surface area (Å²) in [5.41, 5.74) is 0. The Hall–Kier alpha value is -2.49. The second-order valence-corrected chi connectivity index (χ2v) is 5.30. The monoisotopic (exact) mass is 297 g/mol. The Bertz CT molecular complexity index is 592. The number of para-hydroxylation sites is 2. The van der Waals surface area contributed by atoms with Crippen molar-refractivity contribution in [3.05, 3.63) is 60.7 Å². The third-order valence-corrected chi connectivity index (χ3v) is 3.69. The zero-order valence-electron chi connectivity index (χ0n) is 12.4. The Morgan fingerprint density at radius 2 is 1.41 bits per heavy atom. The Balaban J connectivity index is 1.48. The van der Waals surface area contributed by atoms with Crippen molar-refractivity contribution in [2.75, 3.05) is 13.1 Å². The molecular formula is C18H19NO3. The second kappa shape index (κ2) is 6.98. The highest BCUT2D eigenvalue weighted by Crippen LogP contribution is 2.19. The van der Waals surface area contributed by atoms with Crippen LogP contribution in [0, 0.1) is 0 Å². The maximum Gasteiger partial charge on any atom is 0.415 e. The van der Waals surface area contributed by atoms with Crippen LogP contribution in [0.5, 0.6) is 11.5 Å². The number of hydrogen-bond donors (Lipinski definition) is 0. The molecule has 0 saturated carbocycles. The van der Waals surface area contributed by atoms with Gasteiger partial charge in [-0.25, -0.2) is 4.79 Å². The molecule has 1 aliphatic rings. The summed E-state index contributed by atoms with van der Waals surface area (Å²) in [5, 5.41) is 0. The number of carbonyl (C=O) groups excluding carboxylic acids is 1. The van der Waals surface area contributed by atoms with Gasteiger partial charge in [0.25, 0.3) is 0 Å². The van der Waals surface area contributed by atoms with E-state index in [0.717, 1.165) is 18.6 Å². The highest BCUT2D eigenvalue weighted by atomic mass is 16.6. The molecule has 114 valence electrons. The molecule has 0 aliphatic carbocycles. The summed E-state index contributed by atoms with van der Waals surface area (Å²) < 4.78 is 11.3. The minimum Gasteiger partial charge on any atom is -0.490 e. The predicted octanol–water partition coefficient (Wildman–Crippen LogP) is 3.73. The molecule has 2 aromatic rings. The van der Waals surface area contributed by atoms with Gasteiger partial charge in [-0.15, -0.1) is 0 Å². The molecule has 1 amide bonds.